The van der Waals surface area contributed by atoms with Gasteiger partial charge in [-0.1, -0.05) is 219 Å². The number of rotatable bonds is 38. The lowest BCUT2D eigenvalue weighted by molar-refractivity contribution is -0.309. The van der Waals surface area contributed by atoms with Gasteiger partial charge in [-0.05, 0) is 26.7 Å². The van der Waals surface area contributed by atoms with Crippen LogP contribution in [0.25, 0.3) is 0 Å². The van der Waals surface area contributed by atoms with Gasteiger partial charge in [0.25, 0.3) is 0 Å². The second-order valence-electron chi connectivity index (χ2n) is 15.2. The molecule has 47 heavy (non-hydrogen) atoms. The van der Waals surface area contributed by atoms with Crippen molar-refractivity contribution in [3.8, 4) is 0 Å². The maximum Gasteiger partial charge on any atom is 0.0573 e. The van der Waals surface area contributed by atoms with Crippen molar-refractivity contribution in [2.24, 2.45) is 0 Å². The van der Waals surface area contributed by atoms with E-state index in [1.54, 1.807) is 13.8 Å². The van der Waals surface area contributed by atoms with Gasteiger partial charge in [0, 0.05) is 0 Å². The van der Waals surface area contributed by atoms with Gasteiger partial charge >= 0.3 is 0 Å². The maximum absolute atomic E-state index is 12.2. The van der Waals surface area contributed by atoms with Crippen molar-refractivity contribution in [3.63, 3.8) is 0 Å². The summed E-state index contributed by atoms with van der Waals surface area (Å²) in [5.41, 5.74) is 0. The highest BCUT2D eigenvalue weighted by Gasteiger charge is 2.37. The van der Waals surface area contributed by atoms with Gasteiger partial charge in [0.2, 0.25) is 0 Å². The summed E-state index contributed by atoms with van der Waals surface area (Å²) in [7, 11) is 0. The largest absolute Gasteiger partial charge is 0.549 e. The summed E-state index contributed by atoms with van der Waals surface area (Å²) >= 11 is 1.06. The topological polar surface area (TPSA) is 80.3 Å². The molecule has 0 N–H and O–H groups in total. The van der Waals surface area contributed by atoms with Crippen molar-refractivity contribution in [1.29, 1.82) is 0 Å². The Morgan fingerprint density at radius 2 is 0.532 bits per heavy atom. The van der Waals surface area contributed by atoms with Crippen LogP contribution < -0.4 is 10.2 Å². The zero-order chi connectivity index (χ0) is 34.9. The predicted octanol–water partition coefficient (Wildman–Crippen LogP) is 12.0. The third-order valence-corrected chi connectivity index (χ3v) is 12.0. The Hall–Kier alpha value is -0.710. The van der Waals surface area contributed by atoms with Crippen molar-refractivity contribution in [1.82, 2.24) is 0 Å². The Labute approximate surface area is 298 Å². The highest BCUT2D eigenvalue weighted by atomic mass is 32.2. The van der Waals surface area contributed by atoms with E-state index in [0.29, 0.717) is 12.8 Å². The van der Waals surface area contributed by atoms with Crippen molar-refractivity contribution < 1.29 is 19.8 Å². The van der Waals surface area contributed by atoms with E-state index in [9.17, 15) is 19.8 Å². The summed E-state index contributed by atoms with van der Waals surface area (Å²) in [6.07, 6.45) is 41.7. The van der Waals surface area contributed by atoms with Crippen molar-refractivity contribution in [2.75, 3.05) is 0 Å². The van der Waals surface area contributed by atoms with Crippen LogP contribution in [0.2, 0.25) is 0 Å². The molecule has 0 saturated carbocycles. The molecule has 0 aromatic carbocycles. The molecular weight excluding hydrogens is 601 g/mol. The molecule has 0 heterocycles. The lowest BCUT2D eigenvalue weighted by Gasteiger charge is -2.40. The molecule has 5 heteroatoms. The van der Waals surface area contributed by atoms with Gasteiger partial charge in [0.1, 0.15) is 0 Å². The van der Waals surface area contributed by atoms with Crippen molar-refractivity contribution in [3.05, 3.63) is 0 Å². The van der Waals surface area contributed by atoms with Crippen molar-refractivity contribution in [2.45, 2.75) is 255 Å². The molecule has 0 radical (unpaired) electrons. The fraction of sp³-hybridized carbons (Fsp3) is 0.952. The summed E-state index contributed by atoms with van der Waals surface area (Å²) in [5.74, 6) is -2.30. The number of carboxylic acids is 2. The molecule has 2 unspecified atom stereocenters. The number of aliphatic carboxylic acids is 2. The lowest BCUT2D eigenvalue weighted by atomic mass is 9.99. The Morgan fingerprint density at radius 1 is 0.362 bits per heavy atom. The molecule has 0 fully saturated rings. The number of carbonyl (C=O) groups is 2. The quantitative estimate of drug-likeness (QED) is 0.0606. The third kappa shape index (κ3) is 27.8. The van der Waals surface area contributed by atoms with E-state index >= 15 is 0 Å². The van der Waals surface area contributed by atoms with Gasteiger partial charge < -0.3 is 19.8 Å². The molecule has 2 atom stereocenters. The van der Waals surface area contributed by atoms with Crippen LogP contribution in [0.4, 0.5) is 0 Å². The molecule has 0 aromatic rings. The second-order valence-corrected chi connectivity index (χ2v) is 17.3. The van der Waals surface area contributed by atoms with Gasteiger partial charge in [-0.3, -0.25) is 0 Å². The molecule has 0 aliphatic carbocycles. The monoisotopic (exact) mass is 681 g/mol. The molecule has 0 bridgehead atoms. The summed E-state index contributed by atoms with van der Waals surface area (Å²) < 4.78 is -2.42. The van der Waals surface area contributed by atoms with Crippen molar-refractivity contribution >= 4 is 23.7 Å². The van der Waals surface area contributed by atoms with Crippen LogP contribution >= 0.6 is 11.8 Å². The zero-order valence-electron chi connectivity index (χ0n) is 32.1. The summed E-state index contributed by atoms with van der Waals surface area (Å²) in [6.45, 7) is 7.86. The van der Waals surface area contributed by atoms with Crippen LogP contribution in [0.1, 0.15) is 246 Å². The number of thioether (sulfide) groups is 1. The molecule has 0 amide bonds. The highest BCUT2D eigenvalue weighted by molar-refractivity contribution is 8.03. The first-order chi connectivity index (χ1) is 22.7. The molecule has 0 aliphatic rings. The number of hydrogen-bond acceptors (Lipinski definition) is 5. The second kappa shape index (κ2) is 32.5. The zero-order valence-corrected chi connectivity index (χ0v) is 32.9. The predicted molar refractivity (Wildman–Crippen MR) is 203 cm³/mol. The van der Waals surface area contributed by atoms with Crippen LogP contribution in [-0.4, -0.2) is 21.4 Å². The maximum atomic E-state index is 12.2. The van der Waals surface area contributed by atoms with E-state index in [0.717, 1.165) is 50.3 Å². The smallest absolute Gasteiger partial charge is 0.0573 e. The fourth-order valence-corrected chi connectivity index (χ4v) is 8.56. The molecule has 280 valence electrons. The highest BCUT2D eigenvalue weighted by Crippen LogP contribution is 2.43. The first kappa shape index (κ1) is 46.3. The number of carbonyl (C=O) groups excluding carboxylic acids is 2. The Balaban J connectivity index is 4.01. The van der Waals surface area contributed by atoms with E-state index < -0.39 is 21.4 Å². The van der Waals surface area contributed by atoms with Crippen LogP contribution in [0, 0.1) is 0 Å². The summed E-state index contributed by atoms with van der Waals surface area (Å²) in [5, 5.41) is 24.4. The van der Waals surface area contributed by atoms with E-state index in [4.69, 9.17) is 0 Å². The first-order valence-electron chi connectivity index (χ1n) is 20.8. The third-order valence-electron chi connectivity index (χ3n) is 10.3. The Kier molecular flexibility index (Phi) is 32.0. The van der Waals surface area contributed by atoms with Gasteiger partial charge in [-0.15, -0.1) is 11.8 Å². The number of unbranched alkanes of at least 4 members (excludes halogenated alkanes) is 30. The molecule has 0 saturated heterocycles. The van der Waals surface area contributed by atoms with Gasteiger partial charge in [0.05, 0.1) is 21.4 Å². The molecule has 0 spiro atoms. The van der Waals surface area contributed by atoms with Gasteiger partial charge in [-0.25, -0.2) is 0 Å². The van der Waals surface area contributed by atoms with Gasteiger partial charge in [-0.2, -0.15) is 0 Å². The molecule has 0 aromatic heterocycles. The lowest BCUT2D eigenvalue weighted by Crippen LogP contribution is -2.51. The number of hydrogen-bond donors (Lipinski definition) is 0. The van der Waals surface area contributed by atoms with E-state index in [1.807, 2.05) is 0 Å². The van der Waals surface area contributed by atoms with Crippen LogP contribution in [0.5, 0.6) is 0 Å². The minimum atomic E-state index is -1.21. The Bertz CT molecular complexity index is 655. The fourth-order valence-electron chi connectivity index (χ4n) is 6.91. The molecule has 0 rings (SSSR count). The molecule has 0 aliphatic heterocycles. The van der Waals surface area contributed by atoms with Crippen LogP contribution in [0.3, 0.4) is 0 Å². The SMILES string of the molecule is CCCCCCCCCCCCCCCCCCC(C)(SC(C)(CCCCCCCCCCCCCCCCCC)C(=O)[O-])C(=O)[O-]. The minimum absolute atomic E-state index is 0.445. The van der Waals surface area contributed by atoms with Gasteiger partial charge in [0.15, 0.2) is 0 Å². The van der Waals surface area contributed by atoms with Crippen LogP contribution in [-0.2, 0) is 9.59 Å². The Morgan fingerprint density at radius 3 is 0.702 bits per heavy atom. The normalized spacial score (nSPS) is 14.2. The molecule has 4 nitrogen and oxygen atoms in total. The van der Waals surface area contributed by atoms with E-state index in [1.165, 1.54) is 167 Å². The summed E-state index contributed by atoms with van der Waals surface area (Å²) in [4.78, 5) is 24.4. The van der Waals surface area contributed by atoms with Crippen LogP contribution in [0.15, 0.2) is 0 Å². The van der Waals surface area contributed by atoms with E-state index in [-0.39, 0.29) is 0 Å². The molecular formula is C42H80O4S-2. The number of carboxylic acid groups (broad SMARTS) is 2. The standard InChI is InChI=1S/C42H82O4S/c1-5-7-9-11-13-15-17-19-21-23-25-27-29-31-33-35-37-41(3,39(43)44)47-42(4,40(45)46)38-36-34-32-30-28-26-24-22-20-18-16-14-12-10-8-6-2/h5-38H2,1-4H3,(H,43,44)(H,45,46)/p-2. The average molecular weight is 681 g/mol. The summed E-state index contributed by atoms with van der Waals surface area (Å²) in [6, 6.07) is 0. The average Bonchev–Trinajstić information content (AvgIpc) is 3.04. The minimum Gasteiger partial charge on any atom is -0.549 e. The van der Waals surface area contributed by atoms with E-state index in [2.05, 4.69) is 13.8 Å². The first-order valence-corrected chi connectivity index (χ1v) is 21.7.